The fourth-order valence-electron chi connectivity index (χ4n) is 2.31. The molecule has 112 valence electrons. The highest BCUT2D eigenvalue weighted by atomic mass is 16.6. The summed E-state index contributed by atoms with van der Waals surface area (Å²) in [6.45, 7) is 0.809. The predicted octanol–water partition coefficient (Wildman–Crippen LogP) is 1.55. The van der Waals surface area contributed by atoms with Crippen molar-refractivity contribution in [2.45, 2.75) is 18.9 Å². The molecule has 0 radical (unpaired) electrons. The van der Waals surface area contributed by atoms with Gasteiger partial charge in [-0.15, -0.1) is 0 Å². The summed E-state index contributed by atoms with van der Waals surface area (Å²) in [4.78, 5) is 25.0. The number of hydrogen-bond donors (Lipinski definition) is 1. The summed E-state index contributed by atoms with van der Waals surface area (Å²) in [5.41, 5.74) is 0.761. The molecule has 0 aromatic heterocycles. The fraction of sp³-hybridized carbons (Fsp3) is 0.467. The molecule has 1 saturated carbocycles. The monoisotopic (exact) mass is 290 g/mol. The molecule has 1 aliphatic heterocycles. The maximum absolute atomic E-state index is 11.9. The highest BCUT2D eigenvalue weighted by Crippen LogP contribution is 2.29. The Bertz CT molecular complexity index is 539. The van der Waals surface area contributed by atoms with Crippen LogP contribution in [0.2, 0.25) is 0 Å². The Morgan fingerprint density at radius 1 is 1.38 bits per heavy atom. The topological polar surface area (TPSA) is 67.9 Å². The van der Waals surface area contributed by atoms with Crippen molar-refractivity contribution in [1.82, 2.24) is 5.32 Å². The Morgan fingerprint density at radius 2 is 2.10 bits per heavy atom. The van der Waals surface area contributed by atoms with E-state index in [1.54, 1.807) is 24.1 Å². The quantitative estimate of drug-likeness (QED) is 0.893. The molecule has 1 aromatic carbocycles. The second kappa shape index (κ2) is 5.63. The van der Waals surface area contributed by atoms with Gasteiger partial charge < -0.3 is 14.8 Å². The molecule has 1 saturated heterocycles. The molecular formula is C15H18N2O4. The number of nitrogens with one attached hydrogen (secondary N) is 1. The molecule has 21 heavy (non-hydrogen) atoms. The maximum Gasteiger partial charge on any atom is 0.414 e. The van der Waals surface area contributed by atoms with Gasteiger partial charge in [0.15, 0.2) is 0 Å². The summed E-state index contributed by atoms with van der Waals surface area (Å²) in [5.74, 6) is 0.966. The van der Waals surface area contributed by atoms with E-state index in [1.807, 2.05) is 12.1 Å². The van der Waals surface area contributed by atoms with Gasteiger partial charge in [0.05, 0.1) is 20.2 Å². The first-order chi connectivity index (χ1) is 10.2. The van der Waals surface area contributed by atoms with Gasteiger partial charge in [-0.2, -0.15) is 0 Å². The number of anilines is 1. The number of benzene rings is 1. The molecule has 2 aliphatic rings. The number of carbonyl (C=O) groups is 2. The summed E-state index contributed by atoms with van der Waals surface area (Å²) in [6, 6.07) is 7.21. The Kier molecular flexibility index (Phi) is 3.68. The smallest absolute Gasteiger partial charge is 0.414 e. The standard InChI is InChI=1S/C15H18N2O4/c1-20-12-6-4-11(5-7-12)17-9-13(21-15(17)19)8-16-14(18)10-2-3-10/h4-7,10,13H,2-3,8-9H2,1H3,(H,16,18)/t13-/m0/s1. The molecule has 1 aliphatic carbocycles. The predicted molar refractivity (Wildman–Crippen MR) is 76.3 cm³/mol. The third-order valence-corrected chi connectivity index (χ3v) is 3.71. The van der Waals surface area contributed by atoms with Crippen LogP contribution in [0.5, 0.6) is 5.75 Å². The summed E-state index contributed by atoms with van der Waals surface area (Å²) in [6.07, 6.45) is 1.25. The van der Waals surface area contributed by atoms with E-state index in [0.717, 1.165) is 24.3 Å². The zero-order chi connectivity index (χ0) is 14.8. The first kappa shape index (κ1) is 13.7. The van der Waals surface area contributed by atoms with Crippen molar-refractivity contribution in [3.63, 3.8) is 0 Å². The van der Waals surface area contributed by atoms with Crippen LogP contribution in [0.4, 0.5) is 10.5 Å². The highest BCUT2D eigenvalue weighted by molar-refractivity contribution is 5.90. The normalized spacial score (nSPS) is 21.1. The molecule has 0 spiro atoms. The van der Waals surface area contributed by atoms with E-state index in [2.05, 4.69) is 5.32 Å². The van der Waals surface area contributed by atoms with E-state index in [0.29, 0.717) is 13.1 Å². The minimum Gasteiger partial charge on any atom is -0.497 e. The number of hydrogen-bond acceptors (Lipinski definition) is 4. The van der Waals surface area contributed by atoms with Crippen LogP contribution < -0.4 is 15.0 Å². The second-order valence-corrected chi connectivity index (χ2v) is 5.33. The Balaban J connectivity index is 1.57. The average molecular weight is 290 g/mol. The van der Waals surface area contributed by atoms with Crippen LogP contribution >= 0.6 is 0 Å². The zero-order valence-corrected chi connectivity index (χ0v) is 11.9. The van der Waals surface area contributed by atoms with E-state index in [1.165, 1.54) is 0 Å². The van der Waals surface area contributed by atoms with Gasteiger partial charge in [-0.25, -0.2) is 4.79 Å². The molecule has 0 unspecified atom stereocenters. The number of cyclic esters (lactones) is 1. The van der Waals surface area contributed by atoms with Gasteiger partial charge in [0.2, 0.25) is 5.91 Å². The lowest BCUT2D eigenvalue weighted by molar-refractivity contribution is -0.122. The van der Waals surface area contributed by atoms with Gasteiger partial charge in [0.25, 0.3) is 0 Å². The lowest BCUT2D eigenvalue weighted by Crippen LogP contribution is -2.35. The minimum absolute atomic E-state index is 0.0638. The van der Waals surface area contributed by atoms with Gasteiger partial charge >= 0.3 is 6.09 Å². The van der Waals surface area contributed by atoms with Crippen LogP contribution in [0, 0.1) is 5.92 Å². The minimum atomic E-state index is -0.383. The number of amides is 2. The second-order valence-electron chi connectivity index (χ2n) is 5.33. The Morgan fingerprint density at radius 3 is 2.71 bits per heavy atom. The maximum atomic E-state index is 11.9. The van der Waals surface area contributed by atoms with E-state index in [4.69, 9.17) is 9.47 Å². The van der Waals surface area contributed by atoms with Crippen molar-refractivity contribution < 1.29 is 19.1 Å². The van der Waals surface area contributed by atoms with Gasteiger partial charge in [-0.1, -0.05) is 0 Å². The molecule has 2 fully saturated rings. The van der Waals surface area contributed by atoms with Gasteiger partial charge in [-0.3, -0.25) is 9.69 Å². The van der Waals surface area contributed by atoms with Crippen LogP contribution in [0.25, 0.3) is 0 Å². The molecule has 6 heteroatoms. The number of ether oxygens (including phenoxy) is 2. The number of nitrogens with zero attached hydrogens (tertiary/aromatic N) is 1. The van der Waals surface area contributed by atoms with E-state index >= 15 is 0 Å². The van der Waals surface area contributed by atoms with Crippen molar-refractivity contribution in [2.24, 2.45) is 5.92 Å². The van der Waals surface area contributed by atoms with Crippen LogP contribution in [0.3, 0.4) is 0 Å². The molecule has 1 heterocycles. The van der Waals surface area contributed by atoms with Crippen LogP contribution in [-0.2, 0) is 9.53 Å². The van der Waals surface area contributed by atoms with Crippen molar-refractivity contribution in [3.8, 4) is 5.75 Å². The molecular weight excluding hydrogens is 272 g/mol. The average Bonchev–Trinajstić information content (AvgIpc) is 3.29. The molecule has 1 aromatic rings. The first-order valence-corrected chi connectivity index (χ1v) is 7.07. The molecule has 2 amide bonds. The zero-order valence-electron chi connectivity index (χ0n) is 11.9. The summed E-state index contributed by atoms with van der Waals surface area (Å²) < 4.78 is 10.4. The Hall–Kier alpha value is -2.24. The summed E-state index contributed by atoms with van der Waals surface area (Å²) >= 11 is 0. The molecule has 0 bridgehead atoms. The van der Waals surface area contributed by atoms with Crippen molar-refractivity contribution in [3.05, 3.63) is 24.3 Å². The number of methoxy groups -OCH3 is 1. The molecule has 6 nitrogen and oxygen atoms in total. The van der Waals surface area contributed by atoms with Crippen molar-refractivity contribution in [1.29, 1.82) is 0 Å². The summed E-state index contributed by atoms with van der Waals surface area (Å²) in [5, 5.41) is 2.83. The SMILES string of the molecule is COc1ccc(N2C[C@H](CNC(=O)C3CC3)OC2=O)cc1. The van der Waals surface area contributed by atoms with Crippen molar-refractivity contribution >= 4 is 17.7 Å². The van der Waals surface area contributed by atoms with Gasteiger partial charge in [0.1, 0.15) is 11.9 Å². The van der Waals surface area contributed by atoms with Crippen LogP contribution in [-0.4, -0.2) is 38.3 Å². The summed E-state index contributed by atoms with van der Waals surface area (Å²) in [7, 11) is 1.59. The van der Waals surface area contributed by atoms with E-state index in [9.17, 15) is 9.59 Å². The van der Waals surface area contributed by atoms with Gasteiger partial charge in [-0.05, 0) is 37.1 Å². The van der Waals surface area contributed by atoms with E-state index < -0.39 is 0 Å². The largest absolute Gasteiger partial charge is 0.497 e. The van der Waals surface area contributed by atoms with E-state index in [-0.39, 0.29) is 24.0 Å². The molecule has 3 rings (SSSR count). The lowest BCUT2D eigenvalue weighted by atomic mass is 10.2. The number of carbonyl (C=O) groups excluding carboxylic acids is 2. The molecule has 1 atom stereocenters. The van der Waals surface area contributed by atoms with Crippen LogP contribution in [0.1, 0.15) is 12.8 Å². The first-order valence-electron chi connectivity index (χ1n) is 7.07. The van der Waals surface area contributed by atoms with Crippen molar-refractivity contribution in [2.75, 3.05) is 25.1 Å². The Labute approximate surface area is 123 Å². The third-order valence-electron chi connectivity index (χ3n) is 3.71. The third kappa shape index (κ3) is 3.09. The fourth-order valence-corrected chi connectivity index (χ4v) is 2.31. The lowest BCUT2D eigenvalue weighted by Gasteiger charge is -2.13. The van der Waals surface area contributed by atoms with Crippen LogP contribution in [0.15, 0.2) is 24.3 Å². The van der Waals surface area contributed by atoms with Gasteiger partial charge in [0, 0.05) is 11.6 Å². The highest BCUT2D eigenvalue weighted by Gasteiger charge is 2.34. The number of rotatable bonds is 5. The molecule has 1 N–H and O–H groups in total.